The van der Waals surface area contributed by atoms with Crippen LogP contribution in [0.1, 0.15) is 26.3 Å². The Kier molecular flexibility index (Phi) is 4.43. The second-order valence-corrected chi connectivity index (χ2v) is 3.71. The second-order valence-electron chi connectivity index (χ2n) is 3.71. The van der Waals surface area contributed by atoms with E-state index in [4.69, 9.17) is 9.47 Å². The highest BCUT2D eigenvalue weighted by atomic mass is 19.1. The van der Waals surface area contributed by atoms with Gasteiger partial charge in [0.15, 0.2) is 0 Å². The minimum absolute atomic E-state index is 0.357. The molecular weight excluding hydrogens is 251 g/mol. The Morgan fingerprint density at radius 1 is 1.05 bits per heavy atom. The first kappa shape index (κ1) is 14.9. The predicted octanol–water partition coefficient (Wildman–Crippen LogP) is 2.68. The van der Waals surface area contributed by atoms with Crippen LogP contribution in [-0.4, -0.2) is 11.9 Å². The van der Waals surface area contributed by atoms with E-state index in [9.17, 15) is 14.0 Å². The molecule has 1 aliphatic rings. The number of carbonyl (C=O) groups is 2. The lowest BCUT2D eigenvalue weighted by molar-refractivity contribution is -0.233. The molecule has 102 valence electrons. The average Bonchev–Trinajstić information content (AvgIpc) is 2.39. The quantitative estimate of drug-likeness (QED) is 0.445. The van der Waals surface area contributed by atoms with Crippen molar-refractivity contribution < 1.29 is 23.5 Å². The third-order valence-corrected chi connectivity index (χ3v) is 2.44. The molecular formula is C14H15FO4. The average molecular weight is 266 g/mol. The van der Waals surface area contributed by atoms with Crippen molar-refractivity contribution in [1.29, 1.82) is 0 Å². The molecule has 19 heavy (non-hydrogen) atoms. The highest BCUT2D eigenvalue weighted by molar-refractivity contribution is 6.14. The molecule has 1 aromatic rings. The molecule has 0 bridgehead atoms. The van der Waals surface area contributed by atoms with Crippen LogP contribution in [0.15, 0.2) is 36.4 Å². The lowest BCUT2D eigenvalue weighted by atomic mass is 10.1. The van der Waals surface area contributed by atoms with Gasteiger partial charge in [-0.3, -0.25) is 0 Å². The number of hydrogen-bond acceptors (Lipinski definition) is 4. The minimum Gasteiger partial charge on any atom is -0.414 e. The van der Waals surface area contributed by atoms with Gasteiger partial charge in [0.2, 0.25) is 0 Å². The van der Waals surface area contributed by atoms with Gasteiger partial charge in [0.1, 0.15) is 11.4 Å². The molecule has 1 saturated heterocycles. The third kappa shape index (κ3) is 2.99. The molecule has 0 aliphatic carbocycles. The van der Waals surface area contributed by atoms with Crippen molar-refractivity contribution in [3.63, 3.8) is 0 Å². The number of hydrogen-bond donors (Lipinski definition) is 0. The highest BCUT2D eigenvalue weighted by Gasteiger charge is 2.43. The van der Waals surface area contributed by atoms with Crippen LogP contribution < -0.4 is 0 Å². The Morgan fingerprint density at radius 3 is 1.89 bits per heavy atom. The topological polar surface area (TPSA) is 52.6 Å². The molecule has 0 N–H and O–H groups in total. The fraction of sp³-hybridized carbons (Fsp3) is 0.286. The smallest absolute Gasteiger partial charge is 0.348 e. The van der Waals surface area contributed by atoms with Crippen molar-refractivity contribution in [2.45, 2.75) is 26.6 Å². The molecule has 5 heteroatoms. The summed E-state index contributed by atoms with van der Waals surface area (Å²) in [4.78, 5) is 22.7. The SMILES string of the molecule is C=C1C(=O)OC(C)(c2ccc(F)cc2)OC1=O.CC. The van der Waals surface area contributed by atoms with E-state index in [0.29, 0.717) is 5.56 Å². The van der Waals surface area contributed by atoms with Crippen molar-refractivity contribution in [3.8, 4) is 0 Å². The number of halogens is 1. The molecule has 0 unspecified atom stereocenters. The molecule has 1 fully saturated rings. The Hall–Kier alpha value is -2.17. The van der Waals surface area contributed by atoms with Crippen LogP contribution in [0.4, 0.5) is 4.39 Å². The zero-order valence-corrected chi connectivity index (χ0v) is 11.0. The summed E-state index contributed by atoms with van der Waals surface area (Å²) in [5.41, 5.74) is 0.0117. The first-order valence-corrected chi connectivity index (χ1v) is 5.84. The van der Waals surface area contributed by atoms with Crippen molar-refractivity contribution in [3.05, 3.63) is 47.8 Å². The van der Waals surface area contributed by atoms with Crippen LogP contribution in [0.3, 0.4) is 0 Å². The summed E-state index contributed by atoms with van der Waals surface area (Å²) in [7, 11) is 0. The molecule has 4 nitrogen and oxygen atoms in total. The zero-order chi connectivity index (χ0) is 14.6. The molecule has 0 radical (unpaired) electrons. The maximum Gasteiger partial charge on any atom is 0.348 e. The Morgan fingerprint density at radius 2 is 1.47 bits per heavy atom. The van der Waals surface area contributed by atoms with Crippen LogP contribution >= 0.6 is 0 Å². The number of rotatable bonds is 1. The van der Waals surface area contributed by atoms with Gasteiger partial charge in [0.25, 0.3) is 5.79 Å². The van der Waals surface area contributed by atoms with Crippen LogP contribution in [-0.2, 0) is 24.8 Å². The molecule has 2 rings (SSSR count). The molecule has 0 spiro atoms. The standard InChI is InChI=1S/C12H9FO4.C2H6/c1-7-10(14)16-12(2,17-11(7)15)8-3-5-9(13)6-4-8;1-2/h3-6H,1H2,2H3;1-2H3. The largest absolute Gasteiger partial charge is 0.414 e. The third-order valence-electron chi connectivity index (χ3n) is 2.44. The van der Waals surface area contributed by atoms with Crippen molar-refractivity contribution in [1.82, 2.24) is 0 Å². The van der Waals surface area contributed by atoms with Gasteiger partial charge in [-0.1, -0.05) is 20.4 Å². The predicted molar refractivity (Wildman–Crippen MR) is 66.4 cm³/mol. The number of carbonyl (C=O) groups excluding carboxylic acids is 2. The summed E-state index contributed by atoms with van der Waals surface area (Å²) in [6, 6.07) is 5.13. The van der Waals surface area contributed by atoms with Crippen LogP contribution in [0.25, 0.3) is 0 Å². The molecule has 0 saturated carbocycles. The minimum atomic E-state index is -1.54. The lowest BCUT2D eigenvalue weighted by Crippen LogP contribution is -2.41. The van der Waals surface area contributed by atoms with E-state index in [1.807, 2.05) is 13.8 Å². The summed E-state index contributed by atoms with van der Waals surface area (Å²) in [6.45, 7) is 8.65. The van der Waals surface area contributed by atoms with Gasteiger partial charge in [0, 0.05) is 12.5 Å². The van der Waals surface area contributed by atoms with Crippen molar-refractivity contribution in [2.24, 2.45) is 0 Å². The number of ether oxygens (including phenoxy) is 2. The number of esters is 2. The Labute approximate surface area is 110 Å². The molecule has 0 amide bonds. The van der Waals surface area contributed by atoms with Gasteiger partial charge < -0.3 is 9.47 Å². The van der Waals surface area contributed by atoms with Gasteiger partial charge in [-0.25, -0.2) is 14.0 Å². The number of benzene rings is 1. The maximum absolute atomic E-state index is 12.8. The lowest BCUT2D eigenvalue weighted by Gasteiger charge is -2.33. The summed E-state index contributed by atoms with van der Waals surface area (Å²) in [5.74, 6) is -3.65. The van der Waals surface area contributed by atoms with E-state index >= 15 is 0 Å². The molecule has 1 aliphatic heterocycles. The highest BCUT2D eigenvalue weighted by Crippen LogP contribution is 2.32. The Balaban J connectivity index is 0.000000861. The molecule has 0 aromatic heterocycles. The van der Waals surface area contributed by atoms with Crippen molar-refractivity contribution in [2.75, 3.05) is 0 Å². The maximum atomic E-state index is 12.8. The Bertz CT molecular complexity index is 485. The van der Waals surface area contributed by atoms with Gasteiger partial charge in [0.05, 0.1) is 0 Å². The number of cyclic esters (lactones) is 2. The summed E-state index contributed by atoms with van der Waals surface area (Å²) in [6.07, 6.45) is 0. The van der Waals surface area contributed by atoms with E-state index in [1.54, 1.807) is 0 Å². The summed E-state index contributed by atoms with van der Waals surface area (Å²) >= 11 is 0. The van der Waals surface area contributed by atoms with Crippen molar-refractivity contribution >= 4 is 11.9 Å². The van der Waals surface area contributed by atoms with E-state index in [2.05, 4.69) is 6.58 Å². The normalized spacial score (nSPS) is 16.9. The zero-order valence-electron chi connectivity index (χ0n) is 11.0. The molecule has 1 aromatic carbocycles. The summed E-state index contributed by atoms with van der Waals surface area (Å²) < 4.78 is 22.7. The van der Waals surface area contributed by atoms with E-state index < -0.39 is 23.5 Å². The van der Waals surface area contributed by atoms with Gasteiger partial charge in [-0.05, 0) is 24.3 Å². The van der Waals surface area contributed by atoms with Gasteiger partial charge >= 0.3 is 11.9 Å². The van der Waals surface area contributed by atoms with Crippen LogP contribution in [0, 0.1) is 5.82 Å². The first-order valence-electron chi connectivity index (χ1n) is 5.84. The fourth-order valence-corrected chi connectivity index (χ4v) is 1.45. The second kappa shape index (κ2) is 5.65. The van der Waals surface area contributed by atoms with Gasteiger partial charge in [-0.15, -0.1) is 0 Å². The first-order chi connectivity index (χ1) is 8.92. The van der Waals surface area contributed by atoms with E-state index in [1.165, 1.54) is 31.2 Å². The van der Waals surface area contributed by atoms with E-state index in [-0.39, 0.29) is 5.57 Å². The summed E-state index contributed by atoms with van der Waals surface area (Å²) in [5, 5.41) is 0. The monoisotopic (exact) mass is 266 g/mol. The fourth-order valence-electron chi connectivity index (χ4n) is 1.45. The van der Waals surface area contributed by atoms with Gasteiger partial charge in [-0.2, -0.15) is 0 Å². The van der Waals surface area contributed by atoms with Crippen LogP contribution in [0.5, 0.6) is 0 Å². The van der Waals surface area contributed by atoms with E-state index in [0.717, 1.165) is 0 Å². The van der Waals surface area contributed by atoms with Crippen LogP contribution in [0.2, 0.25) is 0 Å². The molecule has 1 heterocycles. The molecule has 0 atom stereocenters.